The average molecular weight is 275 g/mol. The third kappa shape index (κ3) is 4.66. The number of piperazine rings is 1. The number of hydrogen-bond acceptors (Lipinski definition) is 3. The molecule has 1 aliphatic heterocycles. The molecule has 0 radical (unpaired) electrons. The Morgan fingerprint density at radius 2 is 1.80 bits per heavy atom. The van der Waals surface area contributed by atoms with Gasteiger partial charge in [-0.25, -0.2) is 0 Å². The molecule has 1 saturated heterocycles. The average Bonchev–Trinajstić information content (AvgIpc) is 2.52. The van der Waals surface area contributed by atoms with E-state index in [0.29, 0.717) is 13.0 Å². The van der Waals surface area contributed by atoms with Crippen LogP contribution in [0.4, 0.5) is 0 Å². The van der Waals surface area contributed by atoms with Crippen LogP contribution in [0.2, 0.25) is 0 Å². The van der Waals surface area contributed by atoms with Crippen molar-refractivity contribution in [3.63, 3.8) is 0 Å². The van der Waals surface area contributed by atoms with Gasteiger partial charge in [-0.15, -0.1) is 0 Å². The van der Waals surface area contributed by atoms with E-state index in [1.807, 2.05) is 35.2 Å². The van der Waals surface area contributed by atoms with Gasteiger partial charge in [-0.3, -0.25) is 9.59 Å². The lowest BCUT2D eigenvalue weighted by Gasteiger charge is -2.27. The highest BCUT2D eigenvalue weighted by Gasteiger charge is 2.16. The molecule has 108 valence electrons. The van der Waals surface area contributed by atoms with Gasteiger partial charge in [-0.05, 0) is 5.56 Å². The minimum absolute atomic E-state index is 0.0707. The van der Waals surface area contributed by atoms with E-state index in [1.165, 1.54) is 0 Å². The molecule has 0 aliphatic carbocycles. The molecule has 1 heterocycles. The lowest BCUT2D eigenvalue weighted by Crippen LogP contribution is -2.46. The zero-order valence-corrected chi connectivity index (χ0v) is 11.6. The predicted molar refractivity (Wildman–Crippen MR) is 77.0 cm³/mol. The van der Waals surface area contributed by atoms with Crippen LogP contribution in [-0.4, -0.2) is 42.9 Å². The maximum absolute atomic E-state index is 11.9. The Hall–Kier alpha value is -1.88. The summed E-state index contributed by atoms with van der Waals surface area (Å²) >= 11 is 0. The molecule has 0 spiro atoms. The third-order valence-electron chi connectivity index (χ3n) is 3.37. The van der Waals surface area contributed by atoms with Crippen LogP contribution in [0.3, 0.4) is 0 Å². The van der Waals surface area contributed by atoms with E-state index in [1.54, 1.807) is 0 Å². The fourth-order valence-electron chi connectivity index (χ4n) is 2.18. The molecule has 20 heavy (non-hydrogen) atoms. The summed E-state index contributed by atoms with van der Waals surface area (Å²) in [7, 11) is 0. The Balaban J connectivity index is 1.65. The quantitative estimate of drug-likeness (QED) is 0.823. The molecule has 2 N–H and O–H groups in total. The summed E-state index contributed by atoms with van der Waals surface area (Å²) in [5.41, 5.74) is 1.06. The molecule has 0 saturated carbocycles. The molecule has 0 unspecified atom stereocenters. The number of benzene rings is 1. The summed E-state index contributed by atoms with van der Waals surface area (Å²) in [6.07, 6.45) is 0.552. The van der Waals surface area contributed by atoms with Crippen LogP contribution in [-0.2, 0) is 16.1 Å². The fraction of sp³-hybridized carbons (Fsp3) is 0.467. The van der Waals surface area contributed by atoms with Crippen LogP contribution in [0.25, 0.3) is 0 Å². The summed E-state index contributed by atoms with van der Waals surface area (Å²) in [5.74, 6) is -0.00120. The standard InChI is InChI=1S/C15H21N3O2/c19-14(17-12-13-4-2-1-3-5-13)6-7-15(20)18-10-8-16-9-11-18/h1-5,16H,6-12H2,(H,17,19). The molecule has 0 bridgehead atoms. The van der Waals surface area contributed by atoms with Gasteiger partial charge in [0.05, 0.1) is 0 Å². The largest absolute Gasteiger partial charge is 0.352 e. The zero-order chi connectivity index (χ0) is 14.2. The van der Waals surface area contributed by atoms with Crippen molar-refractivity contribution < 1.29 is 9.59 Å². The minimum atomic E-state index is -0.0719. The van der Waals surface area contributed by atoms with E-state index >= 15 is 0 Å². The van der Waals surface area contributed by atoms with E-state index in [-0.39, 0.29) is 18.2 Å². The van der Waals surface area contributed by atoms with Crippen LogP contribution >= 0.6 is 0 Å². The van der Waals surface area contributed by atoms with E-state index in [0.717, 1.165) is 31.7 Å². The molecule has 5 nitrogen and oxygen atoms in total. The second kappa shape index (κ2) is 7.65. The first-order valence-electron chi connectivity index (χ1n) is 7.05. The number of hydrogen-bond donors (Lipinski definition) is 2. The summed E-state index contributed by atoms with van der Waals surface area (Å²) in [6.45, 7) is 3.67. The van der Waals surface area contributed by atoms with Crippen LogP contribution in [0.1, 0.15) is 18.4 Å². The normalized spacial score (nSPS) is 14.9. The van der Waals surface area contributed by atoms with Crippen molar-refractivity contribution in [3.05, 3.63) is 35.9 Å². The molecule has 1 aliphatic rings. The molecule has 1 aromatic rings. The van der Waals surface area contributed by atoms with Gasteiger partial charge >= 0.3 is 0 Å². The van der Waals surface area contributed by atoms with E-state index in [9.17, 15) is 9.59 Å². The Labute approximate surface area is 119 Å². The highest BCUT2D eigenvalue weighted by Crippen LogP contribution is 2.01. The van der Waals surface area contributed by atoms with E-state index in [2.05, 4.69) is 10.6 Å². The van der Waals surface area contributed by atoms with Crippen molar-refractivity contribution in [3.8, 4) is 0 Å². The SMILES string of the molecule is O=C(CCC(=O)N1CCNCC1)NCc1ccccc1. The van der Waals surface area contributed by atoms with Gasteiger partial charge in [0.15, 0.2) is 0 Å². The molecular weight excluding hydrogens is 254 g/mol. The first-order valence-corrected chi connectivity index (χ1v) is 7.05. The van der Waals surface area contributed by atoms with Crippen LogP contribution in [0.5, 0.6) is 0 Å². The molecule has 2 rings (SSSR count). The first-order chi connectivity index (χ1) is 9.75. The molecule has 1 aromatic carbocycles. The van der Waals surface area contributed by atoms with Crippen LogP contribution < -0.4 is 10.6 Å². The fourth-order valence-corrected chi connectivity index (χ4v) is 2.18. The highest BCUT2D eigenvalue weighted by atomic mass is 16.2. The van der Waals surface area contributed by atoms with Crippen molar-refractivity contribution in [2.75, 3.05) is 26.2 Å². The number of amides is 2. The van der Waals surface area contributed by atoms with Crippen molar-refractivity contribution in [2.24, 2.45) is 0 Å². The van der Waals surface area contributed by atoms with Gasteiger partial charge in [-0.2, -0.15) is 0 Å². The molecular formula is C15H21N3O2. The molecule has 0 aromatic heterocycles. The molecule has 1 fully saturated rings. The van der Waals surface area contributed by atoms with Gasteiger partial charge in [0, 0.05) is 45.6 Å². The zero-order valence-electron chi connectivity index (χ0n) is 11.6. The van der Waals surface area contributed by atoms with Crippen molar-refractivity contribution >= 4 is 11.8 Å². The van der Waals surface area contributed by atoms with E-state index < -0.39 is 0 Å². The predicted octanol–water partition coefficient (Wildman–Crippen LogP) is 0.515. The maximum atomic E-state index is 11.9. The summed E-state index contributed by atoms with van der Waals surface area (Å²) in [6, 6.07) is 9.75. The summed E-state index contributed by atoms with van der Waals surface area (Å²) in [4.78, 5) is 25.4. The van der Waals surface area contributed by atoms with Gasteiger partial charge in [0.2, 0.25) is 11.8 Å². The lowest BCUT2D eigenvalue weighted by molar-refractivity contribution is -0.134. The van der Waals surface area contributed by atoms with Crippen LogP contribution in [0.15, 0.2) is 30.3 Å². The number of carbonyl (C=O) groups is 2. The van der Waals surface area contributed by atoms with Crippen molar-refractivity contribution in [1.82, 2.24) is 15.5 Å². The topological polar surface area (TPSA) is 61.4 Å². The third-order valence-corrected chi connectivity index (χ3v) is 3.37. The number of nitrogens with one attached hydrogen (secondary N) is 2. The summed E-state index contributed by atoms with van der Waals surface area (Å²) in [5, 5.41) is 6.03. The Kier molecular flexibility index (Phi) is 5.55. The van der Waals surface area contributed by atoms with Crippen molar-refractivity contribution in [2.45, 2.75) is 19.4 Å². The van der Waals surface area contributed by atoms with Gasteiger partial charge in [-0.1, -0.05) is 30.3 Å². The van der Waals surface area contributed by atoms with Crippen molar-refractivity contribution in [1.29, 1.82) is 0 Å². The van der Waals surface area contributed by atoms with Crippen LogP contribution in [0, 0.1) is 0 Å². The second-order valence-electron chi connectivity index (χ2n) is 4.89. The second-order valence-corrected chi connectivity index (χ2v) is 4.89. The highest BCUT2D eigenvalue weighted by molar-refractivity contribution is 5.83. The van der Waals surface area contributed by atoms with Gasteiger partial charge < -0.3 is 15.5 Å². The summed E-state index contributed by atoms with van der Waals surface area (Å²) < 4.78 is 0. The molecule has 5 heteroatoms. The Morgan fingerprint density at radius 3 is 2.50 bits per heavy atom. The number of carbonyl (C=O) groups excluding carboxylic acids is 2. The lowest BCUT2D eigenvalue weighted by atomic mass is 10.2. The Morgan fingerprint density at radius 1 is 1.10 bits per heavy atom. The first kappa shape index (κ1) is 14.5. The monoisotopic (exact) mass is 275 g/mol. The maximum Gasteiger partial charge on any atom is 0.223 e. The van der Waals surface area contributed by atoms with Gasteiger partial charge in [0.25, 0.3) is 0 Å². The van der Waals surface area contributed by atoms with E-state index in [4.69, 9.17) is 0 Å². The molecule has 2 amide bonds. The number of nitrogens with zero attached hydrogens (tertiary/aromatic N) is 1. The van der Waals surface area contributed by atoms with Gasteiger partial charge in [0.1, 0.15) is 0 Å². The molecule has 0 atom stereocenters. The Bertz CT molecular complexity index is 442. The minimum Gasteiger partial charge on any atom is -0.352 e. The number of rotatable bonds is 5. The smallest absolute Gasteiger partial charge is 0.223 e.